The predicted octanol–water partition coefficient (Wildman–Crippen LogP) is 5.63. The van der Waals surface area contributed by atoms with Gasteiger partial charge < -0.3 is 10.2 Å². The molecule has 2 heterocycles. The molecule has 0 radical (unpaired) electrons. The normalized spacial score (nSPS) is 15.1. The number of benzene rings is 2. The lowest BCUT2D eigenvalue weighted by Crippen LogP contribution is -2.44. The van der Waals surface area contributed by atoms with Crippen molar-refractivity contribution < 1.29 is 18.0 Å². The number of nitrogens with zero attached hydrogens (tertiary/aromatic N) is 3. The third-order valence-electron chi connectivity index (χ3n) is 5.60. The molecule has 0 spiro atoms. The van der Waals surface area contributed by atoms with Crippen LogP contribution in [0.3, 0.4) is 0 Å². The topological polar surface area (TPSA) is 50.2 Å². The van der Waals surface area contributed by atoms with Gasteiger partial charge in [-0.25, -0.2) is 9.48 Å². The molecule has 1 aromatic heterocycles. The summed E-state index contributed by atoms with van der Waals surface area (Å²) in [4.78, 5) is 14.4. The summed E-state index contributed by atoms with van der Waals surface area (Å²) < 4.78 is 40.9. The van der Waals surface area contributed by atoms with Crippen molar-refractivity contribution in [2.75, 3.05) is 13.1 Å². The molecule has 9 heteroatoms. The fraction of sp³-hybridized carbons (Fsp3) is 0.304. The Morgan fingerprint density at radius 3 is 2.44 bits per heavy atom. The van der Waals surface area contributed by atoms with Crippen LogP contribution in [0.15, 0.2) is 60.7 Å². The van der Waals surface area contributed by atoms with Crippen molar-refractivity contribution in [1.29, 1.82) is 0 Å². The number of alkyl halides is 3. The summed E-state index contributed by atoms with van der Waals surface area (Å²) in [7, 11) is 0. The van der Waals surface area contributed by atoms with Gasteiger partial charge in [0.1, 0.15) is 0 Å². The molecule has 32 heavy (non-hydrogen) atoms. The van der Waals surface area contributed by atoms with E-state index in [0.717, 1.165) is 23.6 Å². The molecular formula is C23H22ClF3N4O. The first kappa shape index (κ1) is 22.2. The van der Waals surface area contributed by atoms with Gasteiger partial charge in [-0.05, 0) is 48.6 Å². The van der Waals surface area contributed by atoms with E-state index in [0.29, 0.717) is 29.7 Å². The molecule has 1 aliphatic heterocycles. The smallest absolute Gasteiger partial charge is 0.332 e. The number of carbonyl (C=O) groups is 1. The van der Waals surface area contributed by atoms with E-state index >= 15 is 0 Å². The van der Waals surface area contributed by atoms with Crippen LogP contribution in [0.25, 0.3) is 5.69 Å². The van der Waals surface area contributed by atoms with Gasteiger partial charge in [0, 0.05) is 18.1 Å². The Morgan fingerprint density at radius 2 is 1.78 bits per heavy atom. The maximum Gasteiger partial charge on any atom is 0.435 e. The summed E-state index contributed by atoms with van der Waals surface area (Å²) in [6, 6.07) is 17.2. The van der Waals surface area contributed by atoms with Crippen molar-refractivity contribution in [3.8, 4) is 5.69 Å². The number of hydrogen-bond donors (Lipinski definition) is 1. The van der Waals surface area contributed by atoms with E-state index < -0.39 is 11.9 Å². The fourth-order valence-electron chi connectivity index (χ4n) is 3.93. The zero-order valence-electron chi connectivity index (χ0n) is 17.1. The number of amides is 2. The number of aromatic nitrogens is 2. The zero-order valence-corrected chi connectivity index (χ0v) is 17.9. The van der Waals surface area contributed by atoms with Crippen LogP contribution in [-0.2, 0) is 12.7 Å². The highest BCUT2D eigenvalue weighted by atomic mass is 35.5. The van der Waals surface area contributed by atoms with Gasteiger partial charge in [0.2, 0.25) is 0 Å². The molecular weight excluding hydrogens is 441 g/mol. The van der Waals surface area contributed by atoms with Crippen LogP contribution in [0, 0.1) is 0 Å². The fourth-order valence-corrected chi connectivity index (χ4v) is 4.12. The number of halogens is 4. The Hall–Kier alpha value is -3.00. The molecule has 4 rings (SSSR count). The number of hydrogen-bond acceptors (Lipinski definition) is 2. The summed E-state index contributed by atoms with van der Waals surface area (Å²) >= 11 is 5.99. The van der Waals surface area contributed by atoms with Gasteiger partial charge in [-0.1, -0.05) is 48.0 Å². The van der Waals surface area contributed by atoms with Gasteiger partial charge in [0.15, 0.2) is 5.69 Å². The van der Waals surface area contributed by atoms with Gasteiger partial charge in [0.05, 0.1) is 17.9 Å². The second-order valence-corrected chi connectivity index (χ2v) is 8.18. The largest absolute Gasteiger partial charge is 0.435 e. The summed E-state index contributed by atoms with van der Waals surface area (Å²) in [5.41, 5.74) is 0.844. The van der Waals surface area contributed by atoms with E-state index in [1.165, 1.54) is 11.6 Å². The highest BCUT2D eigenvalue weighted by Gasteiger charge is 2.35. The minimum atomic E-state index is -4.60. The van der Waals surface area contributed by atoms with Gasteiger partial charge in [0.25, 0.3) is 0 Å². The number of carbonyl (C=O) groups excluding carboxylic acids is 1. The molecule has 0 unspecified atom stereocenters. The average Bonchev–Trinajstić information content (AvgIpc) is 3.23. The third kappa shape index (κ3) is 5.07. The summed E-state index contributed by atoms with van der Waals surface area (Å²) in [6.45, 7) is 1.09. The molecule has 0 aliphatic carbocycles. The van der Waals surface area contributed by atoms with Crippen LogP contribution < -0.4 is 5.32 Å². The lowest BCUT2D eigenvalue weighted by atomic mass is 9.90. The second-order valence-electron chi connectivity index (χ2n) is 7.74. The number of likely N-dealkylation sites (tertiary alicyclic amines) is 1. The van der Waals surface area contributed by atoms with E-state index in [1.54, 1.807) is 23.1 Å². The standard InChI is InChI=1S/C23H22ClF3N4O/c24-18-7-4-8-19(13-18)31-20(14-21(29-31)23(25,26)27)15-28-22(32)30-11-9-17(10-12-30)16-5-2-1-3-6-16/h1-8,13-14,17H,9-12,15H2,(H,28,32). The van der Waals surface area contributed by atoms with E-state index in [2.05, 4.69) is 22.5 Å². The van der Waals surface area contributed by atoms with Gasteiger partial charge >= 0.3 is 12.2 Å². The lowest BCUT2D eigenvalue weighted by Gasteiger charge is -2.32. The first-order chi connectivity index (χ1) is 15.3. The van der Waals surface area contributed by atoms with E-state index in [4.69, 9.17) is 11.6 Å². The molecule has 2 amide bonds. The SMILES string of the molecule is O=C(NCc1cc(C(F)(F)F)nn1-c1cccc(Cl)c1)N1CCC(c2ccccc2)CC1. The molecule has 3 aromatic rings. The molecule has 168 valence electrons. The van der Waals surface area contributed by atoms with Crippen LogP contribution in [0.2, 0.25) is 5.02 Å². The molecule has 1 N–H and O–H groups in total. The monoisotopic (exact) mass is 462 g/mol. The van der Waals surface area contributed by atoms with E-state index in [-0.39, 0.29) is 18.3 Å². The van der Waals surface area contributed by atoms with Gasteiger partial charge in [-0.15, -0.1) is 0 Å². The van der Waals surface area contributed by atoms with Crippen molar-refractivity contribution >= 4 is 17.6 Å². The molecule has 0 saturated carbocycles. The molecule has 1 saturated heterocycles. The first-order valence-corrected chi connectivity index (χ1v) is 10.7. The van der Waals surface area contributed by atoms with Crippen LogP contribution in [0.1, 0.15) is 35.7 Å². The van der Waals surface area contributed by atoms with Crippen molar-refractivity contribution in [3.63, 3.8) is 0 Å². The predicted molar refractivity (Wildman–Crippen MR) is 116 cm³/mol. The molecule has 0 bridgehead atoms. The highest BCUT2D eigenvalue weighted by molar-refractivity contribution is 6.30. The Kier molecular flexibility index (Phi) is 6.41. The molecule has 1 aliphatic rings. The number of nitrogens with one attached hydrogen (secondary N) is 1. The van der Waals surface area contributed by atoms with Gasteiger partial charge in [-0.2, -0.15) is 18.3 Å². The highest BCUT2D eigenvalue weighted by Crippen LogP contribution is 2.30. The zero-order chi connectivity index (χ0) is 22.7. The van der Waals surface area contributed by atoms with Crippen molar-refractivity contribution in [1.82, 2.24) is 20.0 Å². The molecule has 1 fully saturated rings. The van der Waals surface area contributed by atoms with Crippen LogP contribution in [0.4, 0.5) is 18.0 Å². The molecule has 2 aromatic carbocycles. The minimum Gasteiger partial charge on any atom is -0.332 e. The van der Waals surface area contributed by atoms with Gasteiger partial charge in [-0.3, -0.25) is 0 Å². The molecule has 5 nitrogen and oxygen atoms in total. The Bertz CT molecular complexity index is 1080. The third-order valence-corrected chi connectivity index (χ3v) is 5.84. The quantitative estimate of drug-likeness (QED) is 0.546. The number of urea groups is 1. The summed E-state index contributed by atoms with van der Waals surface area (Å²) in [6.07, 6.45) is -2.91. The Morgan fingerprint density at radius 1 is 1.06 bits per heavy atom. The molecule has 0 atom stereocenters. The van der Waals surface area contributed by atoms with Crippen molar-refractivity contribution in [3.05, 3.63) is 82.6 Å². The van der Waals surface area contributed by atoms with E-state index in [9.17, 15) is 18.0 Å². The summed E-state index contributed by atoms with van der Waals surface area (Å²) in [5, 5.41) is 6.81. The van der Waals surface area contributed by atoms with Crippen LogP contribution in [0.5, 0.6) is 0 Å². The van der Waals surface area contributed by atoms with Crippen molar-refractivity contribution in [2.24, 2.45) is 0 Å². The maximum absolute atomic E-state index is 13.2. The van der Waals surface area contributed by atoms with Crippen molar-refractivity contribution in [2.45, 2.75) is 31.5 Å². The number of piperidine rings is 1. The lowest BCUT2D eigenvalue weighted by molar-refractivity contribution is -0.141. The van der Waals surface area contributed by atoms with Crippen LogP contribution >= 0.6 is 11.6 Å². The first-order valence-electron chi connectivity index (χ1n) is 10.3. The van der Waals surface area contributed by atoms with E-state index in [1.807, 2.05) is 18.2 Å². The minimum absolute atomic E-state index is 0.0902. The number of rotatable bonds is 4. The average molecular weight is 463 g/mol. The Balaban J connectivity index is 1.43. The summed E-state index contributed by atoms with van der Waals surface area (Å²) in [5.74, 6) is 0.402. The maximum atomic E-state index is 13.2. The Labute approximate surface area is 188 Å². The van der Waals surface area contributed by atoms with Crippen LogP contribution in [-0.4, -0.2) is 33.8 Å². The second kappa shape index (κ2) is 9.24.